The number of carboxylic acid groups (broad SMARTS) is 1. The van der Waals surface area contributed by atoms with Crippen molar-refractivity contribution in [2.24, 2.45) is 11.3 Å². The van der Waals surface area contributed by atoms with E-state index in [0.29, 0.717) is 11.5 Å². The van der Waals surface area contributed by atoms with Gasteiger partial charge in [0.25, 0.3) is 0 Å². The zero-order valence-electron chi connectivity index (χ0n) is 9.84. The van der Waals surface area contributed by atoms with Crippen LogP contribution in [0.4, 0.5) is 0 Å². The molecule has 0 heterocycles. The average molecular weight is 211 g/mol. The molecule has 86 valence electrons. The Morgan fingerprint density at radius 2 is 1.80 bits per heavy atom. The molecule has 0 aromatic carbocycles. The lowest BCUT2D eigenvalue weighted by Gasteiger charge is -2.58. The van der Waals surface area contributed by atoms with E-state index in [4.69, 9.17) is 5.11 Å². The lowest BCUT2D eigenvalue weighted by Crippen LogP contribution is -2.59. The maximum Gasteiger partial charge on any atom is 0.306 e. The number of hydrogen-bond donors (Lipinski definition) is 2. The molecule has 2 N–H and O–H groups in total. The molecule has 1 spiro atoms. The van der Waals surface area contributed by atoms with Gasteiger partial charge in [-0.3, -0.25) is 4.79 Å². The summed E-state index contributed by atoms with van der Waals surface area (Å²) in [5.41, 5.74) is 0.578. The van der Waals surface area contributed by atoms with Gasteiger partial charge in [0.1, 0.15) is 0 Å². The summed E-state index contributed by atoms with van der Waals surface area (Å²) < 4.78 is 0. The van der Waals surface area contributed by atoms with E-state index in [9.17, 15) is 4.79 Å². The van der Waals surface area contributed by atoms with Gasteiger partial charge in [-0.1, -0.05) is 0 Å². The lowest BCUT2D eigenvalue weighted by atomic mass is 9.50. The van der Waals surface area contributed by atoms with Crippen molar-refractivity contribution in [3.8, 4) is 0 Å². The van der Waals surface area contributed by atoms with E-state index < -0.39 is 5.97 Å². The van der Waals surface area contributed by atoms with Crippen molar-refractivity contribution in [3.05, 3.63) is 0 Å². The highest BCUT2D eigenvalue weighted by Crippen LogP contribution is 2.58. The Morgan fingerprint density at radius 1 is 1.27 bits per heavy atom. The summed E-state index contributed by atoms with van der Waals surface area (Å²) in [7, 11) is 0. The fourth-order valence-electron chi connectivity index (χ4n) is 3.19. The summed E-state index contributed by atoms with van der Waals surface area (Å²) in [6.07, 6.45) is 4.16. The molecule has 0 aromatic heterocycles. The van der Waals surface area contributed by atoms with E-state index in [0.717, 1.165) is 12.8 Å². The van der Waals surface area contributed by atoms with E-state index in [2.05, 4.69) is 26.1 Å². The molecule has 3 heteroatoms. The Hall–Kier alpha value is -0.570. The summed E-state index contributed by atoms with van der Waals surface area (Å²) in [5, 5.41) is 12.4. The van der Waals surface area contributed by atoms with Gasteiger partial charge in [-0.05, 0) is 51.9 Å². The quantitative estimate of drug-likeness (QED) is 0.734. The Kier molecular flexibility index (Phi) is 2.34. The first kappa shape index (κ1) is 10.9. The van der Waals surface area contributed by atoms with Crippen molar-refractivity contribution in [1.29, 1.82) is 0 Å². The molecule has 0 aliphatic heterocycles. The van der Waals surface area contributed by atoms with Crippen LogP contribution in [0, 0.1) is 11.3 Å². The first-order valence-corrected chi connectivity index (χ1v) is 5.80. The second kappa shape index (κ2) is 3.21. The third-order valence-corrected chi connectivity index (χ3v) is 3.70. The van der Waals surface area contributed by atoms with Crippen molar-refractivity contribution in [2.45, 2.75) is 58.0 Å². The third kappa shape index (κ3) is 2.17. The van der Waals surface area contributed by atoms with Crippen LogP contribution in [0.5, 0.6) is 0 Å². The first-order chi connectivity index (χ1) is 6.80. The molecule has 0 unspecified atom stereocenters. The van der Waals surface area contributed by atoms with Crippen LogP contribution in [0.15, 0.2) is 0 Å². The van der Waals surface area contributed by atoms with Crippen molar-refractivity contribution in [3.63, 3.8) is 0 Å². The number of aliphatic carboxylic acids is 1. The Labute approximate surface area is 91.2 Å². The van der Waals surface area contributed by atoms with Gasteiger partial charge in [0, 0.05) is 11.6 Å². The molecule has 3 nitrogen and oxygen atoms in total. The summed E-state index contributed by atoms with van der Waals surface area (Å²) in [6.45, 7) is 6.54. The standard InChI is InChI=1S/C12H21NO2/c1-11(2,3)13-9-6-12(7-9)4-8(5-12)10(14)15/h8-9,13H,4-7H2,1-3H3,(H,14,15). The van der Waals surface area contributed by atoms with Gasteiger partial charge in [-0.25, -0.2) is 0 Å². The molecule has 0 radical (unpaired) electrons. The molecular weight excluding hydrogens is 190 g/mol. The minimum Gasteiger partial charge on any atom is -0.481 e. The Bertz CT molecular complexity index is 266. The van der Waals surface area contributed by atoms with E-state index in [1.54, 1.807) is 0 Å². The van der Waals surface area contributed by atoms with Crippen molar-refractivity contribution in [1.82, 2.24) is 5.32 Å². The van der Waals surface area contributed by atoms with Crippen LogP contribution < -0.4 is 5.32 Å². The molecule has 15 heavy (non-hydrogen) atoms. The predicted molar refractivity (Wildman–Crippen MR) is 58.7 cm³/mol. The molecule has 2 saturated carbocycles. The van der Waals surface area contributed by atoms with Crippen LogP contribution in [0.2, 0.25) is 0 Å². The van der Waals surface area contributed by atoms with Gasteiger partial charge in [-0.2, -0.15) is 0 Å². The second-order valence-corrected chi connectivity index (χ2v) is 6.44. The summed E-state index contributed by atoms with van der Waals surface area (Å²) in [6, 6.07) is 0.611. The molecule has 0 saturated heterocycles. The fraction of sp³-hybridized carbons (Fsp3) is 0.917. The molecule has 2 aliphatic carbocycles. The fourth-order valence-corrected chi connectivity index (χ4v) is 3.19. The van der Waals surface area contributed by atoms with Gasteiger partial charge in [-0.15, -0.1) is 0 Å². The molecule has 2 fully saturated rings. The smallest absolute Gasteiger partial charge is 0.306 e. The number of carboxylic acids is 1. The van der Waals surface area contributed by atoms with Crippen LogP contribution in [0.3, 0.4) is 0 Å². The van der Waals surface area contributed by atoms with Crippen molar-refractivity contribution >= 4 is 5.97 Å². The van der Waals surface area contributed by atoms with Crippen molar-refractivity contribution < 1.29 is 9.90 Å². The maximum absolute atomic E-state index is 10.7. The minimum atomic E-state index is -0.604. The molecule has 0 bridgehead atoms. The molecule has 0 atom stereocenters. The largest absolute Gasteiger partial charge is 0.481 e. The highest BCUT2D eigenvalue weighted by Gasteiger charge is 2.55. The number of carbonyl (C=O) groups is 1. The lowest BCUT2D eigenvalue weighted by molar-refractivity contribution is -0.156. The normalized spacial score (nSPS) is 39.7. The third-order valence-electron chi connectivity index (χ3n) is 3.70. The predicted octanol–water partition coefficient (Wildman–Crippen LogP) is 2.02. The van der Waals surface area contributed by atoms with Crippen LogP contribution in [-0.2, 0) is 4.79 Å². The van der Waals surface area contributed by atoms with Crippen LogP contribution >= 0.6 is 0 Å². The monoisotopic (exact) mass is 211 g/mol. The summed E-state index contributed by atoms with van der Waals surface area (Å²) in [5.74, 6) is -0.659. The molecule has 2 aliphatic rings. The van der Waals surface area contributed by atoms with E-state index >= 15 is 0 Å². The Morgan fingerprint density at radius 3 is 2.20 bits per heavy atom. The highest BCUT2D eigenvalue weighted by molar-refractivity contribution is 5.71. The Balaban J connectivity index is 1.74. The number of rotatable bonds is 2. The zero-order chi connectivity index (χ0) is 11.3. The summed E-state index contributed by atoms with van der Waals surface area (Å²) >= 11 is 0. The molecule has 0 amide bonds. The minimum absolute atomic E-state index is 0.0550. The van der Waals surface area contributed by atoms with Gasteiger partial charge in [0.05, 0.1) is 5.92 Å². The molecule has 0 aromatic rings. The topological polar surface area (TPSA) is 49.3 Å². The number of nitrogens with one attached hydrogen (secondary N) is 1. The van der Waals surface area contributed by atoms with Crippen LogP contribution in [-0.4, -0.2) is 22.7 Å². The molecule has 2 rings (SSSR count). The van der Waals surface area contributed by atoms with E-state index in [1.165, 1.54) is 12.8 Å². The zero-order valence-corrected chi connectivity index (χ0v) is 9.84. The van der Waals surface area contributed by atoms with Gasteiger partial charge in [0.2, 0.25) is 0 Å². The van der Waals surface area contributed by atoms with Gasteiger partial charge >= 0.3 is 5.97 Å². The number of hydrogen-bond acceptors (Lipinski definition) is 2. The second-order valence-electron chi connectivity index (χ2n) is 6.44. The average Bonchev–Trinajstić information content (AvgIpc) is 1.87. The first-order valence-electron chi connectivity index (χ1n) is 5.80. The highest BCUT2D eigenvalue weighted by atomic mass is 16.4. The van der Waals surface area contributed by atoms with E-state index in [-0.39, 0.29) is 11.5 Å². The van der Waals surface area contributed by atoms with Crippen LogP contribution in [0.1, 0.15) is 46.5 Å². The van der Waals surface area contributed by atoms with Crippen molar-refractivity contribution in [2.75, 3.05) is 0 Å². The summed E-state index contributed by atoms with van der Waals surface area (Å²) in [4.78, 5) is 10.7. The van der Waals surface area contributed by atoms with Crippen LogP contribution in [0.25, 0.3) is 0 Å². The van der Waals surface area contributed by atoms with Gasteiger partial charge in [0.15, 0.2) is 0 Å². The maximum atomic E-state index is 10.7. The van der Waals surface area contributed by atoms with Gasteiger partial charge < -0.3 is 10.4 Å². The SMILES string of the molecule is CC(C)(C)NC1CC2(C1)CC(C(=O)O)C2. The van der Waals surface area contributed by atoms with E-state index in [1.807, 2.05) is 0 Å². The molecular formula is C12H21NO2.